The molecule has 0 radical (unpaired) electrons. The van der Waals surface area contributed by atoms with Gasteiger partial charge in [0, 0.05) is 21.9 Å². The lowest BCUT2D eigenvalue weighted by atomic mass is 9.99. The van der Waals surface area contributed by atoms with Crippen molar-refractivity contribution in [1.29, 1.82) is 0 Å². The van der Waals surface area contributed by atoms with Crippen molar-refractivity contribution >= 4 is 55.2 Å². The standard InChI is InChI=1S/C36H18N4O6/c41-31(21-11-13-25-19(17-21)9-15-29(37-25)33-39-27-7-3-1-5-23(27)35(43)45-33)32(42)22-12-14-26-20(18-22)10-16-30(38-26)34-40-28-8-4-2-6-24(28)36(44)46-34/h1-18H. The van der Waals surface area contributed by atoms with E-state index in [2.05, 4.69) is 19.9 Å². The Labute approximate surface area is 257 Å². The molecule has 8 rings (SSSR count). The number of carbonyl (C=O) groups is 2. The van der Waals surface area contributed by atoms with Gasteiger partial charge in [-0.1, -0.05) is 36.4 Å². The summed E-state index contributed by atoms with van der Waals surface area (Å²) < 4.78 is 10.8. The first-order valence-corrected chi connectivity index (χ1v) is 14.1. The normalized spacial score (nSPS) is 11.4. The Kier molecular flexibility index (Phi) is 6.14. The summed E-state index contributed by atoms with van der Waals surface area (Å²) >= 11 is 0. The van der Waals surface area contributed by atoms with E-state index in [1.165, 1.54) is 12.1 Å². The molecule has 0 aliphatic heterocycles. The van der Waals surface area contributed by atoms with E-state index in [9.17, 15) is 19.2 Å². The van der Waals surface area contributed by atoms with Crippen LogP contribution in [0.15, 0.2) is 128 Å². The summed E-state index contributed by atoms with van der Waals surface area (Å²) in [6, 6.07) is 30.0. The van der Waals surface area contributed by atoms with Gasteiger partial charge in [-0.15, -0.1) is 0 Å². The van der Waals surface area contributed by atoms with Crippen LogP contribution in [-0.4, -0.2) is 31.5 Å². The largest absolute Gasteiger partial charge is 0.401 e. The Bertz CT molecular complexity index is 2510. The summed E-state index contributed by atoms with van der Waals surface area (Å²) in [5.41, 5.74) is 2.15. The number of benzene rings is 4. The molecule has 0 unspecified atom stereocenters. The van der Waals surface area contributed by atoms with Crippen molar-refractivity contribution in [2.24, 2.45) is 0 Å². The average Bonchev–Trinajstić information content (AvgIpc) is 3.10. The van der Waals surface area contributed by atoms with E-state index in [-0.39, 0.29) is 22.9 Å². The van der Waals surface area contributed by atoms with Gasteiger partial charge in [0.2, 0.25) is 23.3 Å². The van der Waals surface area contributed by atoms with Gasteiger partial charge in [0.05, 0.1) is 32.8 Å². The average molecular weight is 603 g/mol. The van der Waals surface area contributed by atoms with E-state index in [1.54, 1.807) is 97.1 Å². The molecule has 0 aliphatic rings. The Hall–Kier alpha value is -6.68. The Morgan fingerprint density at radius 3 is 1.35 bits per heavy atom. The number of hydrogen-bond acceptors (Lipinski definition) is 10. The Morgan fingerprint density at radius 1 is 0.457 bits per heavy atom. The van der Waals surface area contributed by atoms with E-state index in [1.807, 2.05) is 0 Å². The highest BCUT2D eigenvalue weighted by atomic mass is 16.4. The molecule has 4 aromatic heterocycles. The predicted molar refractivity (Wildman–Crippen MR) is 171 cm³/mol. The van der Waals surface area contributed by atoms with Crippen LogP contribution in [0.5, 0.6) is 0 Å². The van der Waals surface area contributed by atoms with Crippen molar-refractivity contribution in [3.05, 3.63) is 141 Å². The quantitative estimate of drug-likeness (QED) is 0.165. The SMILES string of the molecule is O=C(C(=O)c1ccc2nc(-c3nc4ccccc4c(=O)o3)ccc2c1)c1ccc2nc(-c3nc4ccccc4c(=O)o3)ccc2c1. The van der Waals surface area contributed by atoms with Gasteiger partial charge < -0.3 is 8.83 Å². The Morgan fingerprint density at radius 2 is 0.891 bits per heavy atom. The molecule has 0 saturated carbocycles. The monoisotopic (exact) mass is 602 g/mol. The maximum absolute atomic E-state index is 13.3. The fourth-order valence-corrected chi connectivity index (χ4v) is 5.29. The van der Waals surface area contributed by atoms with Crippen molar-refractivity contribution < 1.29 is 18.4 Å². The minimum Gasteiger partial charge on any atom is -0.401 e. The number of nitrogens with zero attached hydrogens (tertiary/aromatic N) is 4. The van der Waals surface area contributed by atoms with Crippen LogP contribution in [0.3, 0.4) is 0 Å². The van der Waals surface area contributed by atoms with Gasteiger partial charge in [-0.3, -0.25) is 9.59 Å². The number of rotatable bonds is 5. The number of hydrogen-bond donors (Lipinski definition) is 0. The van der Waals surface area contributed by atoms with Gasteiger partial charge in [-0.25, -0.2) is 29.5 Å². The molecule has 218 valence electrons. The van der Waals surface area contributed by atoms with Gasteiger partial charge >= 0.3 is 11.3 Å². The van der Waals surface area contributed by atoms with Crippen molar-refractivity contribution in [2.75, 3.05) is 0 Å². The fourth-order valence-electron chi connectivity index (χ4n) is 5.29. The zero-order valence-corrected chi connectivity index (χ0v) is 23.6. The van der Waals surface area contributed by atoms with Crippen LogP contribution in [0.4, 0.5) is 0 Å². The summed E-state index contributed by atoms with van der Waals surface area (Å²) in [5, 5.41) is 1.99. The molecular formula is C36H18N4O6. The first-order valence-electron chi connectivity index (χ1n) is 14.1. The topological polar surface area (TPSA) is 146 Å². The molecule has 0 atom stereocenters. The fraction of sp³-hybridized carbons (Fsp3) is 0. The van der Waals surface area contributed by atoms with Gasteiger partial charge in [0.1, 0.15) is 11.4 Å². The van der Waals surface area contributed by atoms with Crippen LogP contribution in [0.1, 0.15) is 20.7 Å². The van der Waals surface area contributed by atoms with Crippen molar-refractivity contribution in [3.63, 3.8) is 0 Å². The lowest BCUT2D eigenvalue weighted by Gasteiger charge is -2.06. The number of carbonyl (C=O) groups excluding carboxylic acids is 2. The number of pyridine rings is 2. The molecular weight excluding hydrogens is 584 g/mol. The highest BCUT2D eigenvalue weighted by Gasteiger charge is 2.20. The zero-order chi connectivity index (χ0) is 31.4. The lowest BCUT2D eigenvalue weighted by Crippen LogP contribution is -2.14. The molecule has 0 spiro atoms. The first kappa shape index (κ1) is 26.9. The number of para-hydroxylation sites is 2. The van der Waals surface area contributed by atoms with E-state index in [0.29, 0.717) is 55.0 Å². The number of fused-ring (bicyclic) bond motifs is 4. The molecule has 10 heteroatoms. The molecule has 0 fully saturated rings. The van der Waals surface area contributed by atoms with Gasteiger partial charge in [0.25, 0.3) is 0 Å². The Balaban J connectivity index is 1.06. The number of ketones is 2. The summed E-state index contributed by atoms with van der Waals surface area (Å²) in [5.74, 6) is -1.20. The predicted octanol–water partition coefficient (Wildman–Crippen LogP) is 6.19. The van der Waals surface area contributed by atoms with Crippen LogP contribution in [0.2, 0.25) is 0 Å². The zero-order valence-electron chi connectivity index (χ0n) is 23.6. The van der Waals surface area contributed by atoms with Crippen LogP contribution in [0, 0.1) is 0 Å². The number of Topliss-reactive ketones (excluding diaryl/α,β-unsaturated/α-hetero) is 2. The smallest absolute Gasteiger partial charge is 0.347 e. The van der Waals surface area contributed by atoms with Gasteiger partial charge in [-0.05, 0) is 72.8 Å². The van der Waals surface area contributed by atoms with E-state index < -0.39 is 22.8 Å². The molecule has 8 aromatic rings. The van der Waals surface area contributed by atoms with Crippen LogP contribution < -0.4 is 11.3 Å². The molecule has 4 aromatic carbocycles. The van der Waals surface area contributed by atoms with Crippen molar-refractivity contribution in [3.8, 4) is 23.2 Å². The molecule has 4 heterocycles. The summed E-state index contributed by atoms with van der Waals surface area (Å²) in [6.07, 6.45) is 0. The van der Waals surface area contributed by atoms with Crippen LogP contribution in [0.25, 0.3) is 66.8 Å². The molecule has 0 aliphatic carbocycles. The highest BCUT2D eigenvalue weighted by Crippen LogP contribution is 2.24. The summed E-state index contributed by atoms with van der Waals surface area (Å²) in [6.45, 7) is 0. The summed E-state index contributed by atoms with van der Waals surface area (Å²) in [4.78, 5) is 69.3. The second-order valence-corrected chi connectivity index (χ2v) is 10.5. The minimum atomic E-state index is -0.681. The maximum atomic E-state index is 13.3. The lowest BCUT2D eigenvalue weighted by molar-refractivity contribution is 0.0817. The third-order valence-electron chi connectivity index (χ3n) is 7.62. The van der Waals surface area contributed by atoms with Gasteiger partial charge in [-0.2, -0.15) is 0 Å². The minimum absolute atomic E-state index is 0.0805. The van der Waals surface area contributed by atoms with Crippen LogP contribution >= 0.6 is 0 Å². The molecule has 0 bridgehead atoms. The van der Waals surface area contributed by atoms with Gasteiger partial charge in [0.15, 0.2) is 0 Å². The third-order valence-corrected chi connectivity index (χ3v) is 7.62. The first-order chi connectivity index (χ1) is 22.4. The third kappa shape index (κ3) is 4.61. The maximum Gasteiger partial charge on any atom is 0.347 e. The molecule has 0 saturated heterocycles. The number of aromatic nitrogens is 4. The molecule has 10 nitrogen and oxygen atoms in total. The molecule has 46 heavy (non-hydrogen) atoms. The van der Waals surface area contributed by atoms with Crippen molar-refractivity contribution in [1.82, 2.24) is 19.9 Å². The second kappa shape index (κ2) is 10.5. The van der Waals surface area contributed by atoms with Crippen LogP contribution in [-0.2, 0) is 0 Å². The summed E-state index contributed by atoms with van der Waals surface area (Å²) in [7, 11) is 0. The van der Waals surface area contributed by atoms with Crippen molar-refractivity contribution in [2.45, 2.75) is 0 Å². The molecule has 0 N–H and O–H groups in total. The molecule has 0 amide bonds. The highest BCUT2D eigenvalue weighted by molar-refractivity contribution is 6.49. The van der Waals surface area contributed by atoms with E-state index >= 15 is 0 Å². The second-order valence-electron chi connectivity index (χ2n) is 10.5. The van der Waals surface area contributed by atoms with E-state index in [0.717, 1.165) is 0 Å². The van der Waals surface area contributed by atoms with E-state index in [4.69, 9.17) is 8.83 Å².